The minimum atomic E-state index is -0.309. The molecule has 13 rings (SSSR count). The van der Waals surface area contributed by atoms with E-state index >= 15 is 0 Å². The van der Waals surface area contributed by atoms with Crippen LogP contribution in [0.5, 0.6) is 0 Å². The lowest BCUT2D eigenvalue weighted by atomic mass is 9.86. The maximum atomic E-state index is 11.3. The van der Waals surface area contributed by atoms with E-state index in [1.807, 2.05) is 97.1 Å². The summed E-state index contributed by atoms with van der Waals surface area (Å²) in [5.74, 6) is 1.07. The topological polar surface area (TPSA) is 152 Å². The lowest BCUT2D eigenvalue weighted by Crippen LogP contribution is -2.12. The number of aromatic amines is 3. The number of nitrogens with zero attached hydrogens (tertiary/aromatic N) is 3. The molecule has 0 bridgehead atoms. The largest absolute Gasteiger partial charge is 0.436 e. The lowest BCUT2D eigenvalue weighted by molar-refractivity contribution is 0.528. The van der Waals surface area contributed by atoms with E-state index in [4.69, 9.17) is 13.3 Å². The smallest absolute Gasteiger partial charge is 0.419 e. The molecular weight excluding hydrogens is 1050 g/mol. The van der Waals surface area contributed by atoms with Gasteiger partial charge in [0.2, 0.25) is 11.8 Å². The molecule has 1 aliphatic carbocycles. The number of fused-ring (bicyclic) bond motifs is 7. The zero-order chi connectivity index (χ0) is 61.4. The Balaban J connectivity index is 0.000000128. The van der Waals surface area contributed by atoms with Crippen molar-refractivity contribution in [1.82, 2.24) is 29.5 Å². The average molecular weight is 1140 g/mol. The van der Waals surface area contributed by atoms with E-state index in [-0.39, 0.29) is 38.5 Å². The molecule has 0 atom stereocenters. The molecule has 5 aromatic heterocycles. The zero-order valence-electron chi connectivity index (χ0n) is 53.1. The van der Waals surface area contributed by atoms with Crippen molar-refractivity contribution in [2.45, 2.75) is 164 Å². The molecule has 85 heavy (non-hydrogen) atoms. The first-order valence-corrected chi connectivity index (χ1v) is 29.8. The highest BCUT2D eigenvalue weighted by molar-refractivity contribution is 5.86. The molecule has 0 spiro atoms. The molecule has 3 N–H and O–H groups in total. The molecule has 0 saturated heterocycles. The predicted molar refractivity (Wildman–Crippen MR) is 352 cm³/mol. The highest BCUT2D eigenvalue weighted by Gasteiger charge is 2.22. The Bertz CT molecular complexity index is 4400. The van der Waals surface area contributed by atoms with Crippen molar-refractivity contribution in [3.05, 3.63) is 211 Å². The third kappa shape index (κ3) is 14.4. The number of imidazole rings is 1. The zero-order valence-corrected chi connectivity index (χ0v) is 53.1. The molecule has 11 nitrogen and oxygen atoms in total. The van der Waals surface area contributed by atoms with E-state index in [1.54, 1.807) is 12.6 Å². The van der Waals surface area contributed by atoms with Gasteiger partial charge in [-0.15, -0.1) is 0 Å². The van der Waals surface area contributed by atoms with Crippen molar-refractivity contribution in [3.8, 4) is 22.9 Å². The third-order valence-electron chi connectivity index (χ3n) is 15.9. The summed E-state index contributed by atoms with van der Waals surface area (Å²) in [6.45, 7) is 35.0. The van der Waals surface area contributed by atoms with Crippen molar-refractivity contribution < 1.29 is 13.3 Å². The van der Waals surface area contributed by atoms with Crippen molar-refractivity contribution in [2.24, 2.45) is 7.05 Å². The minimum absolute atomic E-state index is 0.0848. The fourth-order valence-electron chi connectivity index (χ4n) is 10.4. The number of nitrogens with one attached hydrogen (secondary N) is 3. The number of rotatable bonds is 2. The molecule has 442 valence electrons. The second-order valence-corrected chi connectivity index (χ2v) is 27.8. The molecule has 0 aliphatic heterocycles. The number of hydrogen-bond donors (Lipinski definition) is 3. The normalized spacial score (nSPS) is 12.9. The van der Waals surface area contributed by atoms with Gasteiger partial charge in [0.1, 0.15) is 11.0 Å². The van der Waals surface area contributed by atoms with Crippen LogP contribution in [0.3, 0.4) is 0 Å². The number of H-pyrrole nitrogens is 3. The van der Waals surface area contributed by atoms with Gasteiger partial charge < -0.3 is 28.2 Å². The van der Waals surface area contributed by atoms with Gasteiger partial charge in [-0.1, -0.05) is 177 Å². The molecule has 7 aromatic carbocycles. The number of aromatic nitrogens is 6. The summed E-state index contributed by atoms with van der Waals surface area (Å²) in [4.78, 5) is 40.7. The van der Waals surface area contributed by atoms with Gasteiger partial charge in [-0.05, 0) is 171 Å². The van der Waals surface area contributed by atoms with Gasteiger partial charge in [0.05, 0.1) is 16.6 Å². The van der Waals surface area contributed by atoms with Gasteiger partial charge >= 0.3 is 11.4 Å². The van der Waals surface area contributed by atoms with Crippen LogP contribution in [0, 0.1) is 6.92 Å². The summed E-state index contributed by atoms with van der Waals surface area (Å²) >= 11 is 0. The molecule has 1 aliphatic rings. The quantitative estimate of drug-likeness (QED) is 0.156. The second kappa shape index (κ2) is 23.9. The molecular formula is C74H86N6O5. The fourth-order valence-corrected chi connectivity index (χ4v) is 10.4. The van der Waals surface area contributed by atoms with Crippen LogP contribution < -0.4 is 11.4 Å². The molecule has 0 unspecified atom stereocenters. The Morgan fingerprint density at radius 2 is 0.918 bits per heavy atom. The summed E-state index contributed by atoms with van der Waals surface area (Å²) in [7, 11) is 1.72. The van der Waals surface area contributed by atoms with Crippen molar-refractivity contribution >= 4 is 55.2 Å². The van der Waals surface area contributed by atoms with Crippen LogP contribution in [0.15, 0.2) is 168 Å². The summed E-state index contributed by atoms with van der Waals surface area (Å²) in [6, 6.07) is 49.5. The highest BCUT2D eigenvalue weighted by Crippen LogP contribution is 2.35. The number of oxazole rings is 3. The molecule has 0 radical (unpaired) electrons. The Morgan fingerprint density at radius 1 is 0.447 bits per heavy atom. The van der Waals surface area contributed by atoms with Crippen LogP contribution in [0.2, 0.25) is 0 Å². The summed E-state index contributed by atoms with van der Waals surface area (Å²) in [5.41, 5.74) is 21.3. The van der Waals surface area contributed by atoms with E-state index in [0.29, 0.717) is 17.4 Å². The SMILES string of the molecule is CC(C)(C)c1ccc2[nH]c(=O)[nH]c2c1.CC(C)(C)c1ccc2c3c([nH]c2c1)CCCC3.CC(C)(C)c1ccc2oc(-c3ccccc3)nc2c1.Cc1ccccc1-c1nc2cc(C(C)(C)C)ccc2o1.Cn1c(=O)oc2ccc(C(C)(C)C)cc21. The Labute approximate surface area is 500 Å². The molecule has 5 heterocycles. The number of benzene rings is 7. The summed E-state index contributed by atoms with van der Waals surface area (Å²) < 4.78 is 18.3. The summed E-state index contributed by atoms with van der Waals surface area (Å²) in [5, 5.41) is 1.45. The molecule has 12 aromatic rings. The lowest BCUT2D eigenvalue weighted by Gasteiger charge is -2.18. The van der Waals surface area contributed by atoms with Crippen LogP contribution in [-0.2, 0) is 47.0 Å². The number of aryl methyl sites for hydroxylation is 4. The van der Waals surface area contributed by atoms with Crippen molar-refractivity contribution in [3.63, 3.8) is 0 Å². The van der Waals surface area contributed by atoms with Gasteiger partial charge in [-0.25, -0.2) is 19.6 Å². The molecule has 0 saturated carbocycles. The van der Waals surface area contributed by atoms with Crippen LogP contribution in [0.4, 0.5) is 0 Å². The van der Waals surface area contributed by atoms with Crippen LogP contribution >= 0.6 is 0 Å². The predicted octanol–water partition coefficient (Wildman–Crippen LogP) is 18.8. The first-order valence-electron chi connectivity index (χ1n) is 29.8. The Hall–Kier alpha value is -8.44. The summed E-state index contributed by atoms with van der Waals surface area (Å²) in [6.07, 6.45) is 5.17. The molecule has 11 heteroatoms. The molecule has 0 fully saturated rings. The third-order valence-corrected chi connectivity index (χ3v) is 15.9. The molecule has 0 amide bonds. The monoisotopic (exact) mass is 1140 g/mol. The van der Waals surface area contributed by atoms with Crippen molar-refractivity contribution in [2.75, 3.05) is 0 Å². The fraction of sp³-hybridized carbons (Fsp3) is 0.351. The van der Waals surface area contributed by atoms with E-state index in [0.717, 1.165) is 49.9 Å². The van der Waals surface area contributed by atoms with E-state index in [9.17, 15) is 9.59 Å². The van der Waals surface area contributed by atoms with Gasteiger partial charge in [-0.2, -0.15) is 0 Å². The van der Waals surface area contributed by atoms with Gasteiger partial charge in [-0.3, -0.25) is 4.57 Å². The van der Waals surface area contributed by atoms with Crippen LogP contribution in [0.25, 0.3) is 78.1 Å². The van der Waals surface area contributed by atoms with E-state index < -0.39 is 0 Å². The van der Waals surface area contributed by atoms with Crippen molar-refractivity contribution in [1.29, 1.82) is 0 Å². The van der Waals surface area contributed by atoms with Gasteiger partial charge in [0.15, 0.2) is 16.7 Å². The minimum Gasteiger partial charge on any atom is -0.436 e. The first kappa shape index (κ1) is 61.1. The van der Waals surface area contributed by atoms with Gasteiger partial charge in [0.25, 0.3) is 0 Å². The average Bonchev–Trinajstić information content (AvgIpc) is 2.70. The maximum absolute atomic E-state index is 11.3. The van der Waals surface area contributed by atoms with E-state index in [2.05, 4.69) is 184 Å². The standard InChI is InChI=1S/C18H19NO.C17H17NO.C16H21N.C12H15NO2.C11H14N2O/c1-12-7-5-6-8-14(12)17-19-15-11-13(18(2,3)4)9-10-16(15)20-17;1-17(2,3)13-9-10-15-14(11-13)18-16(19-15)12-7-5-4-6-8-12;1-16(2,3)11-8-9-13-12-6-4-5-7-14(12)17-15(13)10-11;1-12(2,3)8-5-6-10-9(7-8)13(4)11(14)15-10;1-11(2,3)7-4-5-8-9(6-7)13-10(14)12-8/h5-11H,1-4H3;4-11H,1-3H3;8-10,17H,4-7H2,1-3H3;5-7H,1-4H3;4-6H,1-3H3,(H2,12,13,14). The highest BCUT2D eigenvalue weighted by atomic mass is 16.4. The number of hydrogen-bond acceptors (Lipinski definition) is 7. The van der Waals surface area contributed by atoms with E-state index in [1.165, 1.54) is 80.2 Å². The van der Waals surface area contributed by atoms with Gasteiger partial charge in [0, 0.05) is 34.8 Å². The Morgan fingerprint density at radius 3 is 1.51 bits per heavy atom. The Kier molecular flexibility index (Phi) is 17.2. The van der Waals surface area contributed by atoms with Crippen LogP contribution in [-0.4, -0.2) is 29.5 Å². The second-order valence-electron chi connectivity index (χ2n) is 27.8. The maximum Gasteiger partial charge on any atom is 0.419 e. The first-order chi connectivity index (χ1) is 39.9. The van der Waals surface area contributed by atoms with Crippen LogP contribution in [0.1, 0.15) is 161 Å².